The summed E-state index contributed by atoms with van der Waals surface area (Å²) in [7, 11) is 1.60. The first-order valence-electron chi connectivity index (χ1n) is 6.35. The third-order valence-electron chi connectivity index (χ3n) is 2.95. The van der Waals surface area contributed by atoms with E-state index in [0.29, 0.717) is 24.7 Å². The molecule has 0 aliphatic heterocycles. The molecule has 1 aromatic rings. The highest BCUT2D eigenvalue weighted by Gasteiger charge is 2.21. The summed E-state index contributed by atoms with van der Waals surface area (Å²) in [5.41, 5.74) is 0.309. The molecule has 0 saturated carbocycles. The Labute approximate surface area is 114 Å². The molecule has 0 heterocycles. The fraction of sp³-hybridized carbons (Fsp3) is 0.571. The average Bonchev–Trinajstić information content (AvgIpc) is 2.45. The molecule has 0 spiro atoms. The first kappa shape index (κ1) is 15.8. The highest BCUT2D eigenvalue weighted by molar-refractivity contribution is 5.42. The molecule has 1 aromatic carbocycles. The van der Waals surface area contributed by atoms with E-state index in [1.54, 1.807) is 14.0 Å². The second-order valence-corrected chi connectivity index (χ2v) is 4.65. The highest BCUT2D eigenvalue weighted by atomic mass is 16.5. The van der Waals surface area contributed by atoms with E-state index in [4.69, 9.17) is 9.47 Å². The minimum Gasteiger partial charge on any atom is -0.493 e. The van der Waals surface area contributed by atoms with Crippen LogP contribution in [0.3, 0.4) is 0 Å². The fourth-order valence-corrected chi connectivity index (χ4v) is 1.58. The number of methoxy groups -OCH3 is 1. The van der Waals surface area contributed by atoms with Crippen molar-refractivity contribution in [2.24, 2.45) is 0 Å². The smallest absolute Gasteiger partial charge is 0.161 e. The van der Waals surface area contributed by atoms with Crippen molar-refractivity contribution in [3.63, 3.8) is 0 Å². The summed E-state index contributed by atoms with van der Waals surface area (Å²) in [5, 5.41) is 21.6. The average molecular weight is 269 g/mol. The minimum absolute atomic E-state index is 0.127. The van der Waals surface area contributed by atoms with Crippen LogP contribution in [0, 0.1) is 0 Å². The predicted molar refractivity (Wildman–Crippen MR) is 73.6 cm³/mol. The van der Waals surface area contributed by atoms with Crippen LogP contribution in [0.15, 0.2) is 18.2 Å². The molecule has 0 unspecified atom stereocenters. The van der Waals surface area contributed by atoms with E-state index in [0.717, 1.165) is 5.56 Å². The molecule has 19 heavy (non-hydrogen) atoms. The van der Waals surface area contributed by atoms with E-state index in [2.05, 4.69) is 5.32 Å². The van der Waals surface area contributed by atoms with Crippen molar-refractivity contribution >= 4 is 0 Å². The first-order valence-corrected chi connectivity index (χ1v) is 6.35. The van der Waals surface area contributed by atoms with Crippen LogP contribution in [0.2, 0.25) is 0 Å². The van der Waals surface area contributed by atoms with Crippen LogP contribution in [0.4, 0.5) is 0 Å². The molecule has 3 N–H and O–H groups in total. The molecular formula is C14H23NO4. The van der Waals surface area contributed by atoms with E-state index < -0.39 is 5.54 Å². The SMILES string of the molecule is CCOc1cc(CNC(C)(CO)CO)ccc1OC. The van der Waals surface area contributed by atoms with Crippen molar-refractivity contribution in [1.82, 2.24) is 5.32 Å². The first-order chi connectivity index (χ1) is 9.08. The maximum atomic E-state index is 9.22. The molecule has 0 amide bonds. The molecule has 0 bridgehead atoms. The fourth-order valence-electron chi connectivity index (χ4n) is 1.58. The van der Waals surface area contributed by atoms with Gasteiger partial charge in [-0.3, -0.25) is 0 Å². The van der Waals surface area contributed by atoms with Gasteiger partial charge >= 0.3 is 0 Å². The molecule has 1 rings (SSSR count). The van der Waals surface area contributed by atoms with E-state index in [-0.39, 0.29) is 13.2 Å². The van der Waals surface area contributed by atoms with Crippen LogP contribution in [0.1, 0.15) is 19.4 Å². The number of benzene rings is 1. The van der Waals surface area contributed by atoms with Gasteiger partial charge in [-0.05, 0) is 31.5 Å². The van der Waals surface area contributed by atoms with Gasteiger partial charge in [0.05, 0.1) is 32.5 Å². The third-order valence-corrected chi connectivity index (χ3v) is 2.95. The van der Waals surface area contributed by atoms with Crippen molar-refractivity contribution in [1.29, 1.82) is 0 Å². The van der Waals surface area contributed by atoms with Crippen LogP contribution in [0.25, 0.3) is 0 Å². The molecule has 0 saturated heterocycles. The van der Waals surface area contributed by atoms with Gasteiger partial charge in [0.1, 0.15) is 0 Å². The van der Waals surface area contributed by atoms with E-state index >= 15 is 0 Å². The lowest BCUT2D eigenvalue weighted by atomic mass is 10.0. The molecule has 0 aliphatic rings. The zero-order valence-corrected chi connectivity index (χ0v) is 11.8. The van der Waals surface area contributed by atoms with Crippen LogP contribution >= 0.6 is 0 Å². The van der Waals surface area contributed by atoms with Crippen LogP contribution < -0.4 is 14.8 Å². The molecule has 108 valence electrons. The molecule has 0 radical (unpaired) electrons. The van der Waals surface area contributed by atoms with Gasteiger partial charge in [0.25, 0.3) is 0 Å². The maximum absolute atomic E-state index is 9.22. The van der Waals surface area contributed by atoms with Crippen LogP contribution in [0.5, 0.6) is 11.5 Å². The Kier molecular flexibility index (Phi) is 6.08. The molecule has 5 nitrogen and oxygen atoms in total. The van der Waals surface area contributed by atoms with Crippen molar-refractivity contribution < 1.29 is 19.7 Å². The summed E-state index contributed by atoms with van der Waals surface area (Å²) < 4.78 is 10.7. The Morgan fingerprint density at radius 3 is 2.42 bits per heavy atom. The van der Waals surface area contributed by atoms with Gasteiger partial charge in [-0.1, -0.05) is 6.07 Å². The Bertz CT molecular complexity index is 391. The van der Waals surface area contributed by atoms with Crippen LogP contribution in [-0.4, -0.2) is 42.7 Å². The van der Waals surface area contributed by atoms with E-state index in [9.17, 15) is 10.2 Å². The number of aliphatic hydroxyl groups excluding tert-OH is 2. The number of nitrogens with one attached hydrogen (secondary N) is 1. The maximum Gasteiger partial charge on any atom is 0.161 e. The second-order valence-electron chi connectivity index (χ2n) is 4.65. The Morgan fingerprint density at radius 2 is 1.89 bits per heavy atom. The van der Waals surface area contributed by atoms with Gasteiger partial charge in [-0.2, -0.15) is 0 Å². The number of hydrogen-bond acceptors (Lipinski definition) is 5. The van der Waals surface area contributed by atoms with Gasteiger partial charge in [0.15, 0.2) is 11.5 Å². The normalized spacial score (nSPS) is 11.4. The van der Waals surface area contributed by atoms with Gasteiger partial charge in [-0.15, -0.1) is 0 Å². The summed E-state index contributed by atoms with van der Waals surface area (Å²) >= 11 is 0. The Balaban J connectivity index is 2.76. The highest BCUT2D eigenvalue weighted by Crippen LogP contribution is 2.28. The standard InChI is InChI=1S/C14H23NO4/c1-4-19-13-7-11(5-6-12(13)18-3)8-15-14(2,9-16)10-17/h5-7,15-17H,4,8-10H2,1-3H3. The third kappa shape index (κ3) is 4.38. The zero-order valence-electron chi connectivity index (χ0n) is 11.8. The van der Waals surface area contributed by atoms with Crippen molar-refractivity contribution in [3.05, 3.63) is 23.8 Å². The summed E-state index contributed by atoms with van der Waals surface area (Å²) in [6.07, 6.45) is 0. The molecule has 0 atom stereocenters. The molecule has 0 aromatic heterocycles. The van der Waals surface area contributed by atoms with Gasteiger partial charge in [0.2, 0.25) is 0 Å². The van der Waals surface area contributed by atoms with Gasteiger partial charge in [-0.25, -0.2) is 0 Å². The Morgan fingerprint density at radius 1 is 1.21 bits per heavy atom. The molecule has 5 heteroatoms. The van der Waals surface area contributed by atoms with Gasteiger partial charge in [0, 0.05) is 6.54 Å². The number of aliphatic hydroxyl groups is 2. The topological polar surface area (TPSA) is 71.0 Å². The largest absolute Gasteiger partial charge is 0.493 e. The number of ether oxygens (including phenoxy) is 2. The lowest BCUT2D eigenvalue weighted by Crippen LogP contribution is -2.48. The predicted octanol–water partition coefficient (Wildman–Crippen LogP) is 0.927. The summed E-state index contributed by atoms with van der Waals surface area (Å²) in [5.74, 6) is 1.39. The molecule has 0 aliphatic carbocycles. The summed E-state index contributed by atoms with van der Waals surface area (Å²) in [4.78, 5) is 0. The van der Waals surface area contributed by atoms with Crippen molar-refractivity contribution in [3.8, 4) is 11.5 Å². The van der Waals surface area contributed by atoms with Crippen LogP contribution in [-0.2, 0) is 6.54 Å². The lowest BCUT2D eigenvalue weighted by Gasteiger charge is -2.26. The van der Waals surface area contributed by atoms with Gasteiger partial charge < -0.3 is 25.0 Å². The van der Waals surface area contributed by atoms with Crippen molar-refractivity contribution in [2.75, 3.05) is 26.9 Å². The number of rotatable bonds is 8. The van der Waals surface area contributed by atoms with E-state index in [1.807, 2.05) is 25.1 Å². The second kappa shape index (κ2) is 7.33. The Hall–Kier alpha value is -1.30. The summed E-state index contributed by atoms with van der Waals surface area (Å²) in [6.45, 7) is 4.52. The number of hydrogen-bond donors (Lipinski definition) is 3. The van der Waals surface area contributed by atoms with Crippen molar-refractivity contribution in [2.45, 2.75) is 25.9 Å². The van der Waals surface area contributed by atoms with E-state index in [1.165, 1.54) is 0 Å². The zero-order chi connectivity index (χ0) is 14.3. The summed E-state index contributed by atoms with van der Waals surface area (Å²) in [6, 6.07) is 5.66. The monoisotopic (exact) mass is 269 g/mol. The lowest BCUT2D eigenvalue weighted by molar-refractivity contribution is 0.103. The minimum atomic E-state index is -0.689. The quantitative estimate of drug-likeness (QED) is 0.655. The molecular weight excluding hydrogens is 246 g/mol. The molecule has 0 fully saturated rings.